The largest absolute Gasteiger partial charge is 0.356 e. The highest BCUT2D eigenvalue weighted by molar-refractivity contribution is 5.80. The molecule has 0 saturated carbocycles. The van der Waals surface area contributed by atoms with Crippen LogP contribution in [0.25, 0.3) is 0 Å². The van der Waals surface area contributed by atoms with Crippen LogP contribution in [0.3, 0.4) is 0 Å². The van der Waals surface area contributed by atoms with E-state index < -0.39 is 0 Å². The van der Waals surface area contributed by atoms with Crippen molar-refractivity contribution in [1.29, 1.82) is 0 Å². The molecule has 0 amide bonds. The summed E-state index contributed by atoms with van der Waals surface area (Å²) in [5, 5.41) is 15.2. The Labute approximate surface area is 141 Å². The molecule has 0 aliphatic heterocycles. The Bertz CT molecular complexity index is 466. The molecule has 1 rings (SSSR count). The summed E-state index contributed by atoms with van der Waals surface area (Å²) in [4.78, 5) is 4.68. The second-order valence-corrected chi connectivity index (χ2v) is 6.21. The van der Waals surface area contributed by atoms with Crippen molar-refractivity contribution in [2.75, 3.05) is 6.54 Å². The Morgan fingerprint density at radius 3 is 2.52 bits per heavy atom. The molecule has 0 fully saturated rings. The second-order valence-electron chi connectivity index (χ2n) is 6.21. The summed E-state index contributed by atoms with van der Waals surface area (Å²) < 4.78 is 1.98. The molecule has 1 heterocycles. The van der Waals surface area contributed by atoms with E-state index in [0.717, 1.165) is 30.6 Å². The van der Waals surface area contributed by atoms with Crippen LogP contribution in [0.2, 0.25) is 0 Å². The van der Waals surface area contributed by atoms with E-state index in [9.17, 15) is 0 Å². The molecule has 1 aromatic heterocycles. The van der Waals surface area contributed by atoms with Gasteiger partial charge in [-0.25, -0.2) is 4.99 Å². The van der Waals surface area contributed by atoms with Gasteiger partial charge >= 0.3 is 0 Å². The van der Waals surface area contributed by atoms with Gasteiger partial charge in [-0.15, -0.1) is 10.2 Å². The molecule has 6 nitrogen and oxygen atoms in total. The zero-order valence-electron chi connectivity index (χ0n) is 15.5. The summed E-state index contributed by atoms with van der Waals surface area (Å²) in [6, 6.07) is 0.427. The Morgan fingerprint density at radius 2 is 1.91 bits per heavy atom. The van der Waals surface area contributed by atoms with Gasteiger partial charge in [0.25, 0.3) is 0 Å². The molecule has 1 aromatic rings. The number of unbranched alkanes of at least 4 members (excludes halogenated alkanes) is 3. The van der Waals surface area contributed by atoms with E-state index in [1.54, 1.807) is 0 Å². The SMILES string of the molecule is CCCCCC(C)NC(=NCc1nnc(C)n1C)NCCCC. The molecule has 132 valence electrons. The summed E-state index contributed by atoms with van der Waals surface area (Å²) in [5.41, 5.74) is 0. The van der Waals surface area contributed by atoms with Crippen LogP contribution in [-0.4, -0.2) is 33.3 Å². The number of rotatable bonds is 10. The highest BCUT2D eigenvalue weighted by Gasteiger charge is 2.07. The van der Waals surface area contributed by atoms with Crippen LogP contribution in [0.15, 0.2) is 4.99 Å². The van der Waals surface area contributed by atoms with Gasteiger partial charge in [-0.2, -0.15) is 0 Å². The van der Waals surface area contributed by atoms with Crippen LogP contribution in [-0.2, 0) is 13.6 Å². The molecule has 0 radical (unpaired) electrons. The molecule has 0 bridgehead atoms. The summed E-state index contributed by atoms with van der Waals surface area (Å²) >= 11 is 0. The maximum absolute atomic E-state index is 4.68. The van der Waals surface area contributed by atoms with Crippen molar-refractivity contribution in [2.24, 2.45) is 12.0 Å². The second kappa shape index (κ2) is 11.0. The lowest BCUT2D eigenvalue weighted by atomic mass is 10.1. The Balaban J connectivity index is 2.59. The lowest BCUT2D eigenvalue weighted by Gasteiger charge is -2.18. The van der Waals surface area contributed by atoms with Crippen LogP contribution in [0.5, 0.6) is 0 Å². The smallest absolute Gasteiger partial charge is 0.191 e. The topological polar surface area (TPSA) is 67.1 Å². The minimum absolute atomic E-state index is 0.427. The van der Waals surface area contributed by atoms with Gasteiger partial charge in [-0.3, -0.25) is 0 Å². The van der Waals surface area contributed by atoms with Gasteiger partial charge < -0.3 is 15.2 Å². The first-order valence-electron chi connectivity index (χ1n) is 8.98. The Kier molecular flexibility index (Phi) is 9.33. The minimum Gasteiger partial charge on any atom is -0.356 e. The summed E-state index contributed by atoms with van der Waals surface area (Å²) in [6.07, 6.45) is 7.30. The first kappa shape index (κ1) is 19.5. The predicted octanol–water partition coefficient (Wildman–Crippen LogP) is 2.93. The molecule has 6 heteroatoms. The fraction of sp³-hybridized carbons (Fsp3) is 0.824. The van der Waals surface area contributed by atoms with Gasteiger partial charge in [-0.05, 0) is 26.7 Å². The predicted molar refractivity (Wildman–Crippen MR) is 96.5 cm³/mol. The number of hydrogen-bond acceptors (Lipinski definition) is 3. The third kappa shape index (κ3) is 7.48. The van der Waals surface area contributed by atoms with Gasteiger partial charge in [-0.1, -0.05) is 39.5 Å². The fourth-order valence-corrected chi connectivity index (χ4v) is 2.28. The summed E-state index contributed by atoms with van der Waals surface area (Å²) in [6.45, 7) is 10.1. The van der Waals surface area contributed by atoms with Crippen LogP contribution in [0.1, 0.15) is 70.9 Å². The molecule has 0 spiro atoms. The quantitative estimate of drug-likeness (QED) is 0.395. The molecule has 0 aliphatic carbocycles. The third-order valence-corrected chi connectivity index (χ3v) is 4.01. The van der Waals surface area contributed by atoms with Crippen molar-refractivity contribution in [3.63, 3.8) is 0 Å². The number of nitrogens with zero attached hydrogens (tertiary/aromatic N) is 4. The van der Waals surface area contributed by atoms with Crippen molar-refractivity contribution in [2.45, 2.75) is 78.8 Å². The molecular weight excluding hydrogens is 288 g/mol. The van der Waals surface area contributed by atoms with Crippen molar-refractivity contribution in [1.82, 2.24) is 25.4 Å². The van der Waals surface area contributed by atoms with Crippen LogP contribution in [0.4, 0.5) is 0 Å². The maximum atomic E-state index is 4.68. The highest BCUT2D eigenvalue weighted by Crippen LogP contribution is 2.03. The molecule has 2 N–H and O–H groups in total. The van der Waals surface area contributed by atoms with E-state index in [1.165, 1.54) is 32.1 Å². The highest BCUT2D eigenvalue weighted by atomic mass is 15.3. The first-order chi connectivity index (χ1) is 11.1. The van der Waals surface area contributed by atoms with Gasteiger partial charge in [0.05, 0.1) is 0 Å². The zero-order valence-corrected chi connectivity index (χ0v) is 15.5. The minimum atomic E-state index is 0.427. The molecule has 1 atom stereocenters. The van der Waals surface area contributed by atoms with Gasteiger partial charge in [0, 0.05) is 19.6 Å². The molecule has 1 unspecified atom stereocenters. The maximum Gasteiger partial charge on any atom is 0.191 e. The monoisotopic (exact) mass is 322 g/mol. The van der Waals surface area contributed by atoms with E-state index in [2.05, 4.69) is 46.6 Å². The fourth-order valence-electron chi connectivity index (χ4n) is 2.28. The van der Waals surface area contributed by atoms with Gasteiger partial charge in [0.1, 0.15) is 12.4 Å². The van der Waals surface area contributed by atoms with Crippen molar-refractivity contribution in [3.8, 4) is 0 Å². The van der Waals surface area contributed by atoms with Crippen LogP contribution in [0, 0.1) is 6.92 Å². The van der Waals surface area contributed by atoms with E-state index in [0.29, 0.717) is 12.6 Å². The van der Waals surface area contributed by atoms with E-state index in [-0.39, 0.29) is 0 Å². The van der Waals surface area contributed by atoms with Crippen molar-refractivity contribution < 1.29 is 0 Å². The number of hydrogen-bond donors (Lipinski definition) is 2. The average molecular weight is 323 g/mol. The number of aromatic nitrogens is 3. The Hall–Kier alpha value is -1.59. The third-order valence-electron chi connectivity index (χ3n) is 4.01. The first-order valence-corrected chi connectivity index (χ1v) is 8.98. The number of nitrogens with one attached hydrogen (secondary N) is 2. The lowest BCUT2D eigenvalue weighted by molar-refractivity contribution is 0.544. The van der Waals surface area contributed by atoms with Crippen molar-refractivity contribution >= 4 is 5.96 Å². The van der Waals surface area contributed by atoms with Gasteiger partial charge in [0.15, 0.2) is 11.8 Å². The normalized spacial score (nSPS) is 13.2. The van der Waals surface area contributed by atoms with Crippen LogP contribution < -0.4 is 10.6 Å². The average Bonchev–Trinajstić information content (AvgIpc) is 2.84. The molecule has 0 aliphatic rings. The molecular formula is C17H34N6. The number of aliphatic imine (C=N–C) groups is 1. The molecule has 0 aromatic carbocycles. The lowest BCUT2D eigenvalue weighted by Crippen LogP contribution is -2.42. The number of aryl methyl sites for hydroxylation is 1. The van der Waals surface area contributed by atoms with Crippen LogP contribution >= 0.6 is 0 Å². The van der Waals surface area contributed by atoms with Gasteiger partial charge in [0.2, 0.25) is 0 Å². The molecule has 23 heavy (non-hydrogen) atoms. The number of guanidine groups is 1. The van der Waals surface area contributed by atoms with E-state index >= 15 is 0 Å². The summed E-state index contributed by atoms with van der Waals surface area (Å²) in [5.74, 6) is 2.68. The van der Waals surface area contributed by atoms with E-state index in [4.69, 9.17) is 0 Å². The van der Waals surface area contributed by atoms with E-state index in [1.807, 2.05) is 18.5 Å². The molecule has 0 saturated heterocycles. The standard InChI is InChI=1S/C17H34N6/c1-6-8-10-11-14(3)20-17(18-12-9-7-2)19-13-16-22-21-15(4)23(16)5/h14H,6-13H2,1-5H3,(H2,18,19,20). The van der Waals surface area contributed by atoms with Crippen molar-refractivity contribution in [3.05, 3.63) is 11.6 Å². The Morgan fingerprint density at radius 1 is 1.17 bits per heavy atom. The summed E-state index contributed by atoms with van der Waals surface area (Å²) in [7, 11) is 1.98. The zero-order chi connectivity index (χ0) is 17.1.